The van der Waals surface area contributed by atoms with Crippen LogP contribution >= 0.6 is 0 Å². The monoisotopic (exact) mass is 858 g/mol. The number of hydrogen-bond acceptors (Lipinski definition) is 5. The number of rotatable bonds is 49. The Labute approximate surface area is 379 Å². The number of carbonyl (C=O) groups is 2. The quantitative estimate of drug-likeness (QED) is 0.0322. The first-order chi connectivity index (χ1) is 30.0. The van der Waals surface area contributed by atoms with E-state index in [-0.39, 0.29) is 18.5 Å². The largest absolute Gasteiger partial charge is 0.466 e. The molecule has 0 heterocycles. The molecule has 2 atom stereocenters. The number of ether oxygens (including phenoxy) is 1. The average Bonchev–Trinajstić information content (AvgIpc) is 3.26. The maximum Gasteiger partial charge on any atom is 0.305 e. The summed E-state index contributed by atoms with van der Waals surface area (Å²) < 4.78 is 5.46. The van der Waals surface area contributed by atoms with Crippen LogP contribution in [-0.2, 0) is 14.3 Å². The van der Waals surface area contributed by atoms with E-state index in [0.29, 0.717) is 25.9 Å². The maximum atomic E-state index is 12.4. The van der Waals surface area contributed by atoms with Gasteiger partial charge in [-0.05, 0) is 51.4 Å². The highest BCUT2D eigenvalue weighted by atomic mass is 16.5. The van der Waals surface area contributed by atoms with Gasteiger partial charge in [0.15, 0.2) is 0 Å². The maximum absolute atomic E-state index is 12.4. The predicted octanol–water partition coefficient (Wildman–Crippen LogP) is 16.1. The van der Waals surface area contributed by atoms with E-state index in [4.69, 9.17) is 4.74 Å². The number of carbonyl (C=O) groups excluding carboxylic acids is 2. The highest BCUT2D eigenvalue weighted by molar-refractivity contribution is 5.76. The number of unbranched alkanes of at least 4 members (excludes halogenated alkanes) is 34. The fraction of sp³-hybridized carbons (Fsp3) is 0.855. The number of hydrogen-bond donors (Lipinski definition) is 3. The number of amides is 1. The first kappa shape index (κ1) is 59.1. The summed E-state index contributed by atoms with van der Waals surface area (Å²) in [7, 11) is 0. The van der Waals surface area contributed by atoms with Crippen molar-refractivity contribution < 1.29 is 24.5 Å². The van der Waals surface area contributed by atoms with E-state index < -0.39 is 12.1 Å². The van der Waals surface area contributed by atoms with Crippen LogP contribution in [0.3, 0.4) is 0 Å². The zero-order valence-electron chi connectivity index (χ0n) is 40.6. The van der Waals surface area contributed by atoms with Crippen molar-refractivity contribution in [2.45, 2.75) is 289 Å². The van der Waals surface area contributed by atoms with Crippen LogP contribution in [0.2, 0.25) is 0 Å². The summed E-state index contributed by atoms with van der Waals surface area (Å²) in [5.74, 6) is -0.164. The van der Waals surface area contributed by atoms with E-state index >= 15 is 0 Å². The Morgan fingerprint density at radius 1 is 0.459 bits per heavy atom. The molecule has 6 nitrogen and oxygen atoms in total. The van der Waals surface area contributed by atoms with Gasteiger partial charge in [0, 0.05) is 12.8 Å². The SMILES string of the molecule is CCCCCCCCCCCCCC/C=C/C(O)C(CO)NC(=O)CC/C=C\C/C=C\CCCCCCCCOC(=O)CCCCCCCCCCCCCCCCCCC. The van der Waals surface area contributed by atoms with E-state index in [1.807, 2.05) is 12.2 Å². The topological polar surface area (TPSA) is 95.9 Å². The molecule has 0 aromatic heterocycles. The molecule has 0 rings (SSSR count). The second-order valence-electron chi connectivity index (χ2n) is 18.2. The molecule has 0 saturated carbocycles. The lowest BCUT2D eigenvalue weighted by Gasteiger charge is -2.19. The van der Waals surface area contributed by atoms with Crippen molar-refractivity contribution in [3.8, 4) is 0 Å². The van der Waals surface area contributed by atoms with E-state index in [1.54, 1.807) is 6.08 Å². The fourth-order valence-corrected chi connectivity index (χ4v) is 8.04. The van der Waals surface area contributed by atoms with Crippen molar-refractivity contribution in [1.82, 2.24) is 5.32 Å². The number of aliphatic hydroxyl groups is 2. The van der Waals surface area contributed by atoms with Gasteiger partial charge in [0.05, 0.1) is 25.4 Å². The highest BCUT2D eigenvalue weighted by Crippen LogP contribution is 2.16. The molecule has 2 unspecified atom stereocenters. The minimum Gasteiger partial charge on any atom is -0.466 e. The zero-order valence-corrected chi connectivity index (χ0v) is 40.6. The Bertz CT molecular complexity index is 993. The number of allylic oxidation sites excluding steroid dienone is 5. The third-order valence-electron chi connectivity index (χ3n) is 12.2. The molecule has 0 aliphatic heterocycles. The van der Waals surface area contributed by atoms with E-state index in [2.05, 4.69) is 37.4 Å². The minimum absolute atomic E-state index is 0.0150. The molecule has 0 radical (unpaired) electrons. The van der Waals surface area contributed by atoms with Crippen molar-refractivity contribution >= 4 is 11.9 Å². The standard InChI is InChI=1S/C55H103NO5/c1-3-5-7-9-11-13-15-17-19-20-21-25-29-33-37-41-45-49-55(60)61-50-46-42-38-34-30-26-22-24-28-32-36-40-44-48-54(59)56-52(51-57)53(58)47-43-39-35-31-27-23-18-16-14-12-10-8-6-4-2/h24,28,36,40,43,47,52-53,57-58H,3-23,25-27,29-35,37-39,41-42,44-46,48-51H2,1-2H3,(H,56,59)/b28-24-,40-36-,47-43+. The second-order valence-corrected chi connectivity index (χ2v) is 18.2. The lowest BCUT2D eigenvalue weighted by atomic mass is 10.0. The summed E-state index contributed by atoms with van der Waals surface area (Å²) in [6.07, 6.45) is 61.6. The molecule has 0 spiro atoms. The van der Waals surface area contributed by atoms with Crippen LogP contribution in [0.4, 0.5) is 0 Å². The van der Waals surface area contributed by atoms with Crippen LogP contribution < -0.4 is 5.32 Å². The lowest BCUT2D eigenvalue weighted by molar-refractivity contribution is -0.143. The smallest absolute Gasteiger partial charge is 0.305 e. The Kier molecular flexibility index (Phi) is 49.1. The lowest BCUT2D eigenvalue weighted by Crippen LogP contribution is -2.45. The predicted molar refractivity (Wildman–Crippen MR) is 264 cm³/mol. The van der Waals surface area contributed by atoms with Gasteiger partial charge in [0.1, 0.15) is 0 Å². The molecule has 0 aliphatic carbocycles. The van der Waals surface area contributed by atoms with Gasteiger partial charge in [0.25, 0.3) is 0 Å². The molecule has 1 amide bonds. The third-order valence-corrected chi connectivity index (χ3v) is 12.2. The fourth-order valence-electron chi connectivity index (χ4n) is 8.04. The molecule has 0 aliphatic rings. The van der Waals surface area contributed by atoms with Crippen LogP contribution in [0.15, 0.2) is 36.5 Å². The van der Waals surface area contributed by atoms with Gasteiger partial charge in [-0.15, -0.1) is 0 Å². The van der Waals surface area contributed by atoms with Crippen molar-refractivity contribution in [2.24, 2.45) is 0 Å². The number of aliphatic hydroxyl groups excluding tert-OH is 2. The van der Waals surface area contributed by atoms with Crippen LogP contribution in [0.1, 0.15) is 277 Å². The van der Waals surface area contributed by atoms with Gasteiger partial charge in [-0.2, -0.15) is 0 Å². The summed E-state index contributed by atoms with van der Waals surface area (Å²) in [6, 6.07) is -0.671. The molecule has 0 bridgehead atoms. The first-order valence-electron chi connectivity index (χ1n) is 26.8. The molecular weight excluding hydrogens is 755 g/mol. The summed E-state index contributed by atoms with van der Waals surface area (Å²) in [5, 5.41) is 23.0. The van der Waals surface area contributed by atoms with E-state index in [0.717, 1.165) is 51.4 Å². The van der Waals surface area contributed by atoms with Crippen molar-refractivity contribution in [1.29, 1.82) is 0 Å². The van der Waals surface area contributed by atoms with Gasteiger partial charge in [-0.3, -0.25) is 9.59 Å². The van der Waals surface area contributed by atoms with Crippen molar-refractivity contribution in [3.63, 3.8) is 0 Å². The van der Waals surface area contributed by atoms with E-state index in [1.165, 1.54) is 193 Å². The normalized spacial score (nSPS) is 12.9. The van der Waals surface area contributed by atoms with Crippen LogP contribution in [0.25, 0.3) is 0 Å². The van der Waals surface area contributed by atoms with Gasteiger partial charge < -0.3 is 20.3 Å². The molecule has 358 valence electrons. The highest BCUT2D eigenvalue weighted by Gasteiger charge is 2.17. The molecule has 3 N–H and O–H groups in total. The summed E-state index contributed by atoms with van der Waals surface area (Å²) in [6.45, 7) is 4.84. The van der Waals surface area contributed by atoms with Gasteiger partial charge >= 0.3 is 5.97 Å². The molecule has 61 heavy (non-hydrogen) atoms. The first-order valence-corrected chi connectivity index (χ1v) is 26.8. The van der Waals surface area contributed by atoms with Crippen LogP contribution in [0.5, 0.6) is 0 Å². The molecule has 6 heteroatoms. The molecule has 0 fully saturated rings. The average molecular weight is 858 g/mol. The molecular formula is C55H103NO5. The van der Waals surface area contributed by atoms with Gasteiger partial charge in [0.2, 0.25) is 5.91 Å². The Balaban J connectivity index is 3.55. The number of esters is 1. The van der Waals surface area contributed by atoms with Gasteiger partial charge in [-0.1, -0.05) is 249 Å². The molecule has 0 aromatic rings. The Morgan fingerprint density at radius 3 is 1.28 bits per heavy atom. The van der Waals surface area contributed by atoms with Gasteiger partial charge in [-0.25, -0.2) is 0 Å². The van der Waals surface area contributed by atoms with Crippen molar-refractivity contribution in [3.05, 3.63) is 36.5 Å². The summed E-state index contributed by atoms with van der Waals surface area (Å²) >= 11 is 0. The summed E-state index contributed by atoms with van der Waals surface area (Å²) in [5.41, 5.74) is 0. The van der Waals surface area contributed by atoms with Crippen LogP contribution in [0, 0.1) is 0 Å². The number of nitrogens with one attached hydrogen (secondary N) is 1. The third kappa shape index (κ3) is 47.4. The van der Waals surface area contributed by atoms with Crippen molar-refractivity contribution in [2.75, 3.05) is 13.2 Å². The minimum atomic E-state index is -0.878. The van der Waals surface area contributed by atoms with Crippen LogP contribution in [-0.4, -0.2) is 47.4 Å². The Hall–Kier alpha value is -1.92. The summed E-state index contributed by atoms with van der Waals surface area (Å²) in [4.78, 5) is 24.4. The molecule has 0 saturated heterocycles. The van der Waals surface area contributed by atoms with E-state index in [9.17, 15) is 19.8 Å². The molecule has 0 aromatic carbocycles. The Morgan fingerprint density at radius 2 is 0.836 bits per heavy atom. The second kappa shape index (κ2) is 50.7. The zero-order chi connectivity index (χ0) is 44.4.